The van der Waals surface area contributed by atoms with Gasteiger partial charge in [-0.3, -0.25) is 0 Å². The van der Waals surface area contributed by atoms with Gasteiger partial charge in [0.1, 0.15) is 11.4 Å². The Morgan fingerprint density at radius 1 is 0.971 bits per heavy atom. The lowest BCUT2D eigenvalue weighted by molar-refractivity contribution is -0.0964. The zero-order valence-corrected chi connectivity index (χ0v) is 19.6. The lowest BCUT2D eigenvalue weighted by Gasteiger charge is -2.14. The summed E-state index contributed by atoms with van der Waals surface area (Å²) in [5.41, 5.74) is -1.52. The average Bonchev–Trinajstić information content (AvgIpc) is 2.80. The molecule has 0 fully saturated rings. The van der Waals surface area contributed by atoms with Crippen molar-refractivity contribution in [3.05, 3.63) is 72.3 Å². The zero-order valence-electron chi connectivity index (χ0n) is 18.0. The number of nitrogens with zero attached hydrogens (tertiary/aromatic N) is 2. The van der Waals surface area contributed by atoms with E-state index in [9.17, 15) is 17.2 Å². The average molecular weight is 505 g/mol. The van der Waals surface area contributed by atoms with Gasteiger partial charge < -0.3 is 10.1 Å². The SMILES string of the molecule is CNS(=O)(=O)c1cc(-c2nnc(Nc3ccc(OC(F)(F)Cl)cc3)c3ccccc23)ccc1C. The number of aromatic nitrogens is 2. The fourth-order valence-electron chi connectivity index (χ4n) is 3.43. The Labute approximate surface area is 199 Å². The number of alkyl halides is 3. The van der Waals surface area contributed by atoms with E-state index in [1.807, 2.05) is 24.3 Å². The second-order valence-corrected chi connectivity index (χ2v) is 9.62. The number of aryl methyl sites for hydroxylation is 1. The summed E-state index contributed by atoms with van der Waals surface area (Å²) in [5.74, 6) is 0.342. The van der Waals surface area contributed by atoms with Crippen LogP contribution < -0.4 is 14.8 Å². The molecule has 0 saturated heterocycles. The minimum atomic E-state index is -3.80. The Morgan fingerprint density at radius 3 is 2.29 bits per heavy atom. The van der Waals surface area contributed by atoms with Crippen LogP contribution in [0.1, 0.15) is 5.56 Å². The quantitative estimate of drug-likeness (QED) is 0.326. The summed E-state index contributed by atoms with van der Waals surface area (Å²) >= 11 is 4.79. The molecule has 0 unspecified atom stereocenters. The van der Waals surface area contributed by atoms with Crippen LogP contribution in [0.2, 0.25) is 0 Å². The van der Waals surface area contributed by atoms with Crippen molar-refractivity contribution in [2.24, 2.45) is 0 Å². The van der Waals surface area contributed by atoms with Gasteiger partial charge >= 0.3 is 5.57 Å². The number of hydrogen-bond donors (Lipinski definition) is 2. The number of sulfonamides is 1. The molecule has 0 aliphatic rings. The van der Waals surface area contributed by atoms with E-state index in [0.717, 1.165) is 10.8 Å². The van der Waals surface area contributed by atoms with Crippen LogP contribution in [0.5, 0.6) is 5.75 Å². The number of ether oxygens (including phenoxy) is 1. The minimum absolute atomic E-state index is 0.0939. The van der Waals surface area contributed by atoms with Gasteiger partial charge in [0.25, 0.3) is 0 Å². The van der Waals surface area contributed by atoms with Gasteiger partial charge in [0.15, 0.2) is 5.82 Å². The van der Waals surface area contributed by atoms with Crippen molar-refractivity contribution in [1.29, 1.82) is 0 Å². The molecule has 1 heterocycles. The summed E-state index contributed by atoms with van der Waals surface area (Å²) in [5, 5.41) is 13.2. The van der Waals surface area contributed by atoms with E-state index < -0.39 is 15.6 Å². The highest BCUT2D eigenvalue weighted by Crippen LogP contribution is 2.33. The van der Waals surface area contributed by atoms with Crippen LogP contribution in [-0.2, 0) is 10.0 Å². The van der Waals surface area contributed by atoms with E-state index in [-0.39, 0.29) is 10.6 Å². The zero-order chi connectivity index (χ0) is 24.5. The lowest BCUT2D eigenvalue weighted by Crippen LogP contribution is -2.19. The van der Waals surface area contributed by atoms with Gasteiger partial charge in [-0.2, -0.15) is 0 Å². The van der Waals surface area contributed by atoms with Gasteiger partial charge in [0, 0.05) is 33.6 Å². The predicted octanol–water partition coefficient (Wildman–Crippen LogP) is 5.42. The largest absolute Gasteiger partial charge is 0.487 e. The van der Waals surface area contributed by atoms with Crippen molar-refractivity contribution in [3.8, 4) is 17.0 Å². The van der Waals surface area contributed by atoms with E-state index in [4.69, 9.17) is 11.6 Å². The summed E-state index contributed by atoms with van der Waals surface area (Å²) in [6.45, 7) is 1.72. The summed E-state index contributed by atoms with van der Waals surface area (Å²) in [7, 11) is -2.29. The molecule has 1 aromatic heterocycles. The molecule has 0 saturated carbocycles. The number of nitrogens with one attached hydrogen (secondary N) is 2. The van der Waals surface area contributed by atoms with Gasteiger partial charge in [-0.05, 0) is 49.9 Å². The third kappa shape index (κ3) is 5.09. The summed E-state index contributed by atoms with van der Waals surface area (Å²) in [4.78, 5) is 0.158. The van der Waals surface area contributed by atoms with E-state index >= 15 is 0 Å². The molecule has 0 radical (unpaired) electrons. The smallest absolute Gasteiger partial charge is 0.420 e. The number of hydrogen-bond acceptors (Lipinski definition) is 6. The second kappa shape index (κ2) is 9.13. The molecule has 7 nitrogen and oxygen atoms in total. The van der Waals surface area contributed by atoms with Crippen molar-refractivity contribution < 1.29 is 21.9 Å². The third-order valence-corrected chi connectivity index (χ3v) is 6.69. The Balaban J connectivity index is 1.73. The Morgan fingerprint density at radius 2 is 1.65 bits per heavy atom. The standard InChI is InChI=1S/C23H19ClF2N4O3S/c1-14-7-8-15(13-20(14)34(31,32)27-2)21-18-5-3-4-6-19(18)22(30-29-21)28-16-9-11-17(12-10-16)33-23(24,25)26/h3-13,27H,1-2H3,(H,28,30). The molecule has 176 valence electrons. The van der Waals surface area contributed by atoms with Crippen LogP contribution in [-0.4, -0.2) is 31.2 Å². The lowest BCUT2D eigenvalue weighted by atomic mass is 10.0. The molecular weight excluding hydrogens is 486 g/mol. The highest BCUT2D eigenvalue weighted by molar-refractivity contribution is 7.89. The molecule has 0 amide bonds. The summed E-state index contributed by atoms with van der Waals surface area (Å²) in [6, 6.07) is 18.2. The minimum Gasteiger partial charge on any atom is -0.420 e. The maximum atomic E-state index is 12.8. The topological polar surface area (TPSA) is 93.2 Å². The first kappa shape index (κ1) is 23.8. The monoisotopic (exact) mass is 504 g/mol. The molecule has 0 aliphatic heterocycles. The van der Waals surface area contributed by atoms with Gasteiger partial charge in [-0.1, -0.05) is 36.4 Å². The highest BCUT2D eigenvalue weighted by atomic mass is 35.5. The fraction of sp³-hybridized carbons (Fsp3) is 0.130. The Bertz CT molecular complexity index is 1460. The molecule has 0 spiro atoms. The Kier molecular flexibility index (Phi) is 6.39. The van der Waals surface area contributed by atoms with Crippen molar-refractivity contribution in [1.82, 2.24) is 14.9 Å². The van der Waals surface area contributed by atoms with E-state index in [2.05, 4.69) is 25.0 Å². The summed E-state index contributed by atoms with van der Waals surface area (Å²) in [6.07, 6.45) is 0. The third-order valence-electron chi connectivity index (χ3n) is 5.06. The molecule has 34 heavy (non-hydrogen) atoms. The van der Waals surface area contributed by atoms with E-state index in [0.29, 0.717) is 28.3 Å². The van der Waals surface area contributed by atoms with Crippen molar-refractivity contribution in [2.45, 2.75) is 17.4 Å². The first-order valence-electron chi connectivity index (χ1n) is 10.0. The number of fused-ring (bicyclic) bond motifs is 1. The molecular formula is C23H19ClF2N4O3S. The van der Waals surface area contributed by atoms with Gasteiger partial charge in [-0.25, -0.2) is 13.1 Å². The van der Waals surface area contributed by atoms with Gasteiger partial charge in [0.2, 0.25) is 10.0 Å². The first-order valence-corrected chi connectivity index (χ1v) is 11.9. The van der Waals surface area contributed by atoms with Crippen LogP contribution in [0.15, 0.2) is 71.6 Å². The number of rotatable bonds is 7. The Hall–Kier alpha value is -3.34. The molecule has 11 heteroatoms. The molecule has 0 bridgehead atoms. The van der Waals surface area contributed by atoms with Crippen molar-refractivity contribution in [2.75, 3.05) is 12.4 Å². The maximum absolute atomic E-state index is 12.8. The van der Waals surface area contributed by atoms with Crippen LogP contribution >= 0.6 is 11.6 Å². The number of anilines is 2. The fourth-order valence-corrected chi connectivity index (χ4v) is 4.52. The van der Waals surface area contributed by atoms with Gasteiger partial charge in [-0.15, -0.1) is 19.0 Å². The molecule has 3 aromatic carbocycles. The van der Waals surface area contributed by atoms with Crippen LogP contribution in [0.25, 0.3) is 22.0 Å². The molecule has 0 atom stereocenters. The van der Waals surface area contributed by atoms with Crippen LogP contribution in [0, 0.1) is 6.92 Å². The number of benzene rings is 3. The highest BCUT2D eigenvalue weighted by Gasteiger charge is 2.27. The summed E-state index contributed by atoms with van der Waals surface area (Å²) < 4.78 is 57.1. The van der Waals surface area contributed by atoms with Gasteiger partial charge in [0.05, 0.1) is 4.90 Å². The van der Waals surface area contributed by atoms with E-state index in [1.54, 1.807) is 25.1 Å². The van der Waals surface area contributed by atoms with Crippen molar-refractivity contribution in [3.63, 3.8) is 0 Å². The molecule has 4 aromatic rings. The van der Waals surface area contributed by atoms with Crippen LogP contribution in [0.3, 0.4) is 0 Å². The molecule has 2 N–H and O–H groups in total. The van der Waals surface area contributed by atoms with E-state index in [1.165, 1.54) is 31.3 Å². The predicted molar refractivity (Wildman–Crippen MR) is 127 cm³/mol. The number of halogens is 3. The van der Waals surface area contributed by atoms with Crippen LogP contribution in [0.4, 0.5) is 20.3 Å². The molecule has 4 rings (SSSR count). The molecule has 0 aliphatic carbocycles. The van der Waals surface area contributed by atoms with Crippen molar-refractivity contribution >= 4 is 43.9 Å². The second-order valence-electron chi connectivity index (χ2n) is 7.33. The first-order chi connectivity index (χ1) is 16.1. The maximum Gasteiger partial charge on any atom is 0.487 e. The normalized spacial score (nSPS) is 12.0.